The van der Waals surface area contributed by atoms with E-state index in [1.54, 1.807) is 0 Å². The van der Waals surface area contributed by atoms with Crippen LogP contribution in [0.1, 0.15) is 45.4 Å². The summed E-state index contributed by atoms with van der Waals surface area (Å²) in [6.07, 6.45) is 7.47. The molecule has 0 spiro atoms. The lowest BCUT2D eigenvalue weighted by Crippen LogP contribution is -2.53. The van der Waals surface area contributed by atoms with Gasteiger partial charge in [-0.2, -0.15) is 0 Å². The Morgan fingerprint density at radius 3 is 2.93 bits per heavy atom. The van der Waals surface area contributed by atoms with Crippen LogP contribution in [-0.2, 0) is 0 Å². The molecular weight excluding hydrogens is 176 g/mol. The van der Waals surface area contributed by atoms with E-state index in [-0.39, 0.29) is 11.6 Å². The summed E-state index contributed by atoms with van der Waals surface area (Å²) in [6, 6.07) is -0.227. The molecule has 2 unspecified atom stereocenters. The van der Waals surface area contributed by atoms with Gasteiger partial charge in [0.25, 0.3) is 0 Å². The molecule has 3 nitrogen and oxygen atoms in total. The number of fused-ring (bicyclic) bond motifs is 2. The first-order valence-corrected chi connectivity index (χ1v) is 5.75. The van der Waals surface area contributed by atoms with Crippen LogP contribution < -0.4 is 5.73 Å². The Balaban J connectivity index is 2.17. The van der Waals surface area contributed by atoms with Crippen LogP contribution >= 0.6 is 0 Å². The summed E-state index contributed by atoms with van der Waals surface area (Å²) < 4.78 is 0. The normalized spacial score (nSPS) is 35.6. The number of carbonyl (C=O) groups is 1. The highest BCUT2D eigenvalue weighted by Crippen LogP contribution is 2.48. The first kappa shape index (κ1) is 9.81. The second-order valence-electron chi connectivity index (χ2n) is 4.81. The molecule has 80 valence electrons. The van der Waals surface area contributed by atoms with Crippen molar-refractivity contribution >= 4 is 6.03 Å². The van der Waals surface area contributed by atoms with E-state index in [4.69, 9.17) is 5.73 Å². The van der Waals surface area contributed by atoms with Crippen molar-refractivity contribution in [1.82, 2.24) is 4.90 Å². The third-order valence-corrected chi connectivity index (χ3v) is 4.10. The summed E-state index contributed by atoms with van der Waals surface area (Å²) in [5.41, 5.74) is 5.59. The zero-order valence-corrected chi connectivity index (χ0v) is 8.96. The van der Waals surface area contributed by atoms with Gasteiger partial charge in [0.2, 0.25) is 0 Å². The van der Waals surface area contributed by atoms with E-state index >= 15 is 0 Å². The number of hydrogen-bond donors (Lipinski definition) is 1. The van der Waals surface area contributed by atoms with Crippen LogP contribution in [0.25, 0.3) is 0 Å². The predicted molar refractivity (Wildman–Crippen MR) is 55.9 cm³/mol. The molecule has 2 atom stereocenters. The second-order valence-corrected chi connectivity index (χ2v) is 4.81. The van der Waals surface area contributed by atoms with Gasteiger partial charge in [0.15, 0.2) is 0 Å². The molecule has 2 N–H and O–H groups in total. The van der Waals surface area contributed by atoms with Crippen molar-refractivity contribution in [3.05, 3.63) is 0 Å². The Morgan fingerprint density at radius 2 is 2.29 bits per heavy atom. The van der Waals surface area contributed by atoms with E-state index in [1.165, 1.54) is 38.5 Å². The molecular formula is C11H20N2O. The average molecular weight is 196 g/mol. The lowest BCUT2D eigenvalue weighted by Gasteiger charge is -2.42. The van der Waals surface area contributed by atoms with Crippen molar-refractivity contribution in [2.45, 2.75) is 51.0 Å². The Bertz CT molecular complexity index is 237. The zero-order chi connectivity index (χ0) is 10.2. The molecule has 2 rings (SSSR count). The van der Waals surface area contributed by atoms with Crippen molar-refractivity contribution < 1.29 is 4.79 Å². The highest BCUT2D eigenvalue weighted by Gasteiger charge is 2.46. The monoisotopic (exact) mass is 196 g/mol. The van der Waals surface area contributed by atoms with Crippen LogP contribution in [0.2, 0.25) is 0 Å². The lowest BCUT2D eigenvalue weighted by molar-refractivity contribution is 0.0993. The molecule has 2 aliphatic carbocycles. The van der Waals surface area contributed by atoms with E-state index < -0.39 is 0 Å². The molecule has 3 heteroatoms. The van der Waals surface area contributed by atoms with Gasteiger partial charge in [0.1, 0.15) is 0 Å². The molecule has 0 aromatic rings. The Morgan fingerprint density at radius 1 is 1.50 bits per heavy atom. The summed E-state index contributed by atoms with van der Waals surface area (Å²) in [6.45, 7) is 2.80. The number of rotatable bonds is 2. The van der Waals surface area contributed by atoms with E-state index in [2.05, 4.69) is 0 Å². The fraction of sp³-hybridized carbons (Fsp3) is 0.909. The summed E-state index contributed by atoms with van der Waals surface area (Å²) in [5, 5.41) is 0. The maximum absolute atomic E-state index is 11.4. The Hall–Kier alpha value is -0.730. The molecule has 2 amide bonds. The number of hydrogen-bond acceptors (Lipinski definition) is 1. The third-order valence-electron chi connectivity index (χ3n) is 4.10. The lowest BCUT2D eigenvalue weighted by atomic mass is 9.82. The van der Waals surface area contributed by atoms with Gasteiger partial charge < -0.3 is 10.6 Å². The van der Waals surface area contributed by atoms with E-state index in [0.29, 0.717) is 0 Å². The molecule has 14 heavy (non-hydrogen) atoms. The summed E-state index contributed by atoms with van der Waals surface area (Å²) in [7, 11) is 0. The van der Waals surface area contributed by atoms with Crippen LogP contribution in [0.5, 0.6) is 0 Å². The topological polar surface area (TPSA) is 46.3 Å². The molecule has 0 aromatic heterocycles. The molecule has 0 aliphatic heterocycles. The first-order chi connectivity index (χ1) is 6.68. The van der Waals surface area contributed by atoms with Gasteiger partial charge in [-0.15, -0.1) is 0 Å². The van der Waals surface area contributed by atoms with Crippen molar-refractivity contribution in [3.63, 3.8) is 0 Å². The molecule has 2 bridgehead atoms. The highest BCUT2D eigenvalue weighted by atomic mass is 16.2. The third kappa shape index (κ3) is 1.39. The van der Waals surface area contributed by atoms with Crippen LogP contribution in [0.3, 0.4) is 0 Å². The van der Waals surface area contributed by atoms with E-state index in [1.807, 2.05) is 11.8 Å². The van der Waals surface area contributed by atoms with Gasteiger partial charge in [0.05, 0.1) is 0 Å². The Kier molecular flexibility index (Phi) is 2.41. The van der Waals surface area contributed by atoms with E-state index in [0.717, 1.165) is 12.5 Å². The minimum atomic E-state index is -0.227. The quantitative estimate of drug-likeness (QED) is 0.722. The maximum Gasteiger partial charge on any atom is 0.315 e. The fourth-order valence-corrected chi connectivity index (χ4v) is 3.51. The Labute approximate surface area is 85.6 Å². The van der Waals surface area contributed by atoms with Crippen LogP contribution in [0.15, 0.2) is 0 Å². The largest absolute Gasteiger partial charge is 0.351 e. The molecule has 0 saturated heterocycles. The summed E-state index contributed by atoms with van der Waals surface area (Å²) in [4.78, 5) is 13.3. The van der Waals surface area contributed by atoms with E-state index in [9.17, 15) is 4.79 Å². The molecule has 2 saturated carbocycles. The van der Waals surface area contributed by atoms with Crippen LogP contribution in [0, 0.1) is 5.92 Å². The van der Waals surface area contributed by atoms with Gasteiger partial charge >= 0.3 is 6.03 Å². The van der Waals surface area contributed by atoms with Crippen molar-refractivity contribution in [1.29, 1.82) is 0 Å². The van der Waals surface area contributed by atoms with Crippen molar-refractivity contribution in [3.8, 4) is 0 Å². The first-order valence-electron chi connectivity index (χ1n) is 5.75. The van der Waals surface area contributed by atoms with Gasteiger partial charge in [-0.3, -0.25) is 0 Å². The number of nitrogens with two attached hydrogens (primary N) is 1. The number of primary amides is 1. The molecule has 0 aromatic carbocycles. The molecule has 0 radical (unpaired) electrons. The smallest absolute Gasteiger partial charge is 0.315 e. The highest BCUT2D eigenvalue weighted by molar-refractivity contribution is 5.73. The number of urea groups is 1. The minimum Gasteiger partial charge on any atom is -0.351 e. The standard InChI is InChI=1S/C11H20N2O/c1-2-13(10(12)14)11-6-3-4-9(8-11)5-7-11/h9H,2-8H2,1H3,(H2,12,14). The summed E-state index contributed by atoms with van der Waals surface area (Å²) >= 11 is 0. The van der Waals surface area contributed by atoms with Gasteiger partial charge in [-0.25, -0.2) is 4.79 Å². The number of amides is 2. The van der Waals surface area contributed by atoms with Crippen molar-refractivity contribution in [2.24, 2.45) is 11.7 Å². The van der Waals surface area contributed by atoms with Gasteiger partial charge in [0, 0.05) is 12.1 Å². The van der Waals surface area contributed by atoms with Crippen molar-refractivity contribution in [2.75, 3.05) is 6.54 Å². The predicted octanol–water partition coefficient (Wildman–Crippen LogP) is 2.11. The zero-order valence-electron chi connectivity index (χ0n) is 8.96. The second kappa shape index (κ2) is 3.44. The average Bonchev–Trinajstić information content (AvgIpc) is 2.43. The number of nitrogens with zero attached hydrogens (tertiary/aromatic N) is 1. The minimum absolute atomic E-state index is 0.142. The van der Waals surface area contributed by atoms with Crippen LogP contribution in [-0.4, -0.2) is 23.0 Å². The molecule has 0 heterocycles. The SMILES string of the molecule is CCN(C(N)=O)C12CCCC(CC1)C2. The number of carbonyl (C=O) groups excluding carboxylic acids is 1. The van der Waals surface area contributed by atoms with Gasteiger partial charge in [-0.05, 0) is 38.5 Å². The summed E-state index contributed by atoms with van der Waals surface area (Å²) in [5.74, 6) is 0.858. The van der Waals surface area contributed by atoms with Gasteiger partial charge in [-0.1, -0.05) is 12.8 Å². The van der Waals surface area contributed by atoms with Crippen LogP contribution in [0.4, 0.5) is 4.79 Å². The molecule has 2 fully saturated rings. The molecule has 2 aliphatic rings. The maximum atomic E-state index is 11.4. The fourth-order valence-electron chi connectivity index (χ4n) is 3.51.